The molecule has 1 aromatic heterocycles. The van der Waals surface area contributed by atoms with E-state index >= 15 is 0 Å². The molecule has 1 heterocycles. The van der Waals surface area contributed by atoms with Crippen molar-refractivity contribution in [2.24, 2.45) is 5.92 Å². The minimum Gasteiger partial charge on any atom is -0.244 e. The zero-order valence-electron chi connectivity index (χ0n) is 14.1. The van der Waals surface area contributed by atoms with Crippen molar-refractivity contribution in [3.63, 3.8) is 0 Å². The van der Waals surface area contributed by atoms with Crippen LogP contribution in [-0.2, 0) is 18.4 Å². The maximum atomic E-state index is 9.17. The molecule has 0 radical (unpaired) electrons. The summed E-state index contributed by atoms with van der Waals surface area (Å²) in [6, 6.07) is 10.7. The second kappa shape index (κ2) is 6.31. The average Bonchev–Trinajstić information content (AvgIpc) is 2.80. The maximum absolute atomic E-state index is 9.17. The van der Waals surface area contributed by atoms with Crippen molar-refractivity contribution in [3.05, 3.63) is 46.8 Å². The van der Waals surface area contributed by atoms with Crippen molar-refractivity contribution in [1.29, 1.82) is 5.26 Å². The van der Waals surface area contributed by atoms with Gasteiger partial charge in [-0.15, -0.1) is 5.10 Å². The molecule has 0 aliphatic carbocycles. The molecule has 4 heteroatoms. The van der Waals surface area contributed by atoms with Crippen LogP contribution in [0, 0.1) is 17.2 Å². The predicted octanol–water partition coefficient (Wildman–Crippen LogP) is 3.69. The molecule has 2 aromatic rings. The third-order valence-electron chi connectivity index (χ3n) is 3.70. The molecule has 0 saturated carbocycles. The number of nitrogens with zero attached hydrogens (tertiary/aromatic N) is 4. The Kier molecular flexibility index (Phi) is 4.65. The molecule has 2 rings (SSSR count). The van der Waals surface area contributed by atoms with Crippen molar-refractivity contribution in [2.45, 2.75) is 53.0 Å². The topological polar surface area (TPSA) is 54.5 Å². The van der Waals surface area contributed by atoms with E-state index in [0.717, 1.165) is 12.1 Å². The second-order valence-electron chi connectivity index (χ2n) is 7.20. The van der Waals surface area contributed by atoms with Gasteiger partial charge in [0.2, 0.25) is 0 Å². The lowest BCUT2D eigenvalue weighted by Crippen LogP contribution is -2.12. The van der Waals surface area contributed by atoms with Crippen LogP contribution in [0.4, 0.5) is 0 Å². The third-order valence-corrected chi connectivity index (χ3v) is 3.70. The van der Waals surface area contributed by atoms with Gasteiger partial charge in [-0.05, 0) is 28.9 Å². The van der Waals surface area contributed by atoms with Crippen molar-refractivity contribution in [1.82, 2.24) is 15.0 Å². The summed E-state index contributed by atoms with van der Waals surface area (Å²) in [5.41, 5.74) is 4.02. The van der Waals surface area contributed by atoms with Gasteiger partial charge >= 0.3 is 0 Å². The zero-order valence-corrected chi connectivity index (χ0v) is 14.1. The predicted molar refractivity (Wildman–Crippen MR) is 87.5 cm³/mol. The van der Waals surface area contributed by atoms with E-state index in [4.69, 9.17) is 0 Å². The van der Waals surface area contributed by atoms with Crippen LogP contribution >= 0.6 is 0 Å². The number of nitriles is 1. The summed E-state index contributed by atoms with van der Waals surface area (Å²) in [4.78, 5) is 0. The van der Waals surface area contributed by atoms with Gasteiger partial charge in [-0.3, -0.25) is 0 Å². The van der Waals surface area contributed by atoms with Crippen LogP contribution in [-0.4, -0.2) is 15.0 Å². The highest BCUT2D eigenvalue weighted by atomic mass is 15.4. The monoisotopic (exact) mass is 296 g/mol. The first kappa shape index (κ1) is 16.2. The Morgan fingerprint density at radius 1 is 1.18 bits per heavy atom. The van der Waals surface area contributed by atoms with Crippen molar-refractivity contribution < 1.29 is 0 Å². The zero-order chi connectivity index (χ0) is 16.3. The van der Waals surface area contributed by atoms with Crippen LogP contribution in [0.15, 0.2) is 24.3 Å². The van der Waals surface area contributed by atoms with Crippen molar-refractivity contribution >= 4 is 0 Å². The molecule has 4 nitrogen and oxygen atoms in total. The number of rotatable bonds is 4. The Morgan fingerprint density at radius 3 is 2.32 bits per heavy atom. The van der Waals surface area contributed by atoms with Gasteiger partial charge in [-0.25, -0.2) is 4.68 Å². The number of aromatic nitrogens is 3. The second-order valence-corrected chi connectivity index (χ2v) is 7.20. The molecular formula is C18H24N4. The van der Waals surface area contributed by atoms with Crippen LogP contribution in [0.5, 0.6) is 0 Å². The largest absolute Gasteiger partial charge is 0.244 e. The molecule has 0 N–H and O–H groups in total. The normalized spacial score (nSPS) is 11.7. The highest BCUT2D eigenvalue weighted by Crippen LogP contribution is 2.22. The van der Waals surface area contributed by atoms with Gasteiger partial charge in [0, 0.05) is 0 Å². The van der Waals surface area contributed by atoms with Gasteiger partial charge in [-0.1, -0.05) is 64.1 Å². The molecule has 0 fully saturated rings. The highest BCUT2D eigenvalue weighted by molar-refractivity contribution is 5.29. The molecule has 0 amide bonds. The molecule has 0 spiro atoms. The van der Waals surface area contributed by atoms with E-state index in [-0.39, 0.29) is 5.41 Å². The lowest BCUT2D eigenvalue weighted by Gasteiger charge is -2.19. The summed E-state index contributed by atoms with van der Waals surface area (Å²) in [5, 5.41) is 17.3. The summed E-state index contributed by atoms with van der Waals surface area (Å²) in [7, 11) is 0. The first-order chi connectivity index (χ1) is 10.3. The van der Waals surface area contributed by atoms with E-state index in [0.29, 0.717) is 18.2 Å². The van der Waals surface area contributed by atoms with E-state index < -0.39 is 0 Å². The summed E-state index contributed by atoms with van der Waals surface area (Å²) in [6.45, 7) is 11.5. The maximum Gasteiger partial charge on any atom is 0.185 e. The standard InChI is InChI=1S/C18H24N4/c1-13(2)10-17-16(11-19)20-21-22(17)12-14-6-8-15(9-7-14)18(3,4)5/h6-9,13H,10,12H2,1-5H3. The Hall–Kier alpha value is -2.15. The van der Waals surface area contributed by atoms with Crippen molar-refractivity contribution in [2.75, 3.05) is 0 Å². The van der Waals surface area contributed by atoms with E-state index in [1.54, 1.807) is 0 Å². The van der Waals surface area contributed by atoms with Crippen LogP contribution in [0.3, 0.4) is 0 Å². The SMILES string of the molecule is CC(C)Cc1c(C#N)nnn1Cc1ccc(C(C)(C)C)cc1. The molecule has 116 valence electrons. The third kappa shape index (κ3) is 3.73. The van der Waals surface area contributed by atoms with Gasteiger partial charge in [-0.2, -0.15) is 5.26 Å². The number of hydrogen-bond acceptors (Lipinski definition) is 3. The van der Waals surface area contributed by atoms with E-state index in [1.807, 2.05) is 4.68 Å². The van der Waals surface area contributed by atoms with E-state index in [9.17, 15) is 5.26 Å². The quantitative estimate of drug-likeness (QED) is 0.864. The van der Waals surface area contributed by atoms with Gasteiger partial charge in [0.1, 0.15) is 6.07 Å². The Balaban J connectivity index is 2.24. The van der Waals surface area contributed by atoms with Crippen LogP contribution in [0.1, 0.15) is 57.1 Å². The fourth-order valence-corrected chi connectivity index (χ4v) is 2.42. The lowest BCUT2D eigenvalue weighted by molar-refractivity contribution is 0.563. The Labute approximate surface area is 132 Å². The first-order valence-corrected chi connectivity index (χ1v) is 7.73. The molecule has 0 bridgehead atoms. The molecule has 0 unspecified atom stereocenters. The van der Waals surface area contributed by atoms with E-state index in [1.165, 1.54) is 11.1 Å². The Morgan fingerprint density at radius 2 is 1.82 bits per heavy atom. The van der Waals surface area contributed by atoms with Gasteiger partial charge in [0.25, 0.3) is 0 Å². The van der Waals surface area contributed by atoms with Crippen LogP contribution in [0.25, 0.3) is 0 Å². The van der Waals surface area contributed by atoms with E-state index in [2.05, 4.69) is 75.3 Å². The summed E-state index contributed by atoms with van der Waals surface area (Å²) >= 11 is 0. The minimum atomic E-state index is 0.155. The lowest BCUT2D eigenvalue weighted by atomic mass is 9.87. The summed E-state index contributed by atoms with van der Waals surface area (Å²) in [6.07, 6.45) is 0.815. The first-order valence-electron chi connectivity index (χ1n) is 7.73. The molecule has 0 aliphatic rings. The highest BCUT2D eigenvalue weighted by Gasteiger charge is 2.15. The van der Waals surface area contributed by atoms with Gasteiger partial charge < -0.3 is 0 Å². The molecular weight excluding hydrogens is 272 g/mol. The fraction of sp³-hybridized carbons (Fsp3) is 0.500. The van der Waals surface area contributed by atoms with Gasteiger partial charge in [0.05, 0.1) is 12.2 Å². The minimum absolute atomic E-state index is 0.155. The molecule has 0 saturated heterocycles. The summed E-state index contributed by atoms with van der Waals surface area (Å²) in [5.74, 6) is 0.465. The van der Waals surface area contributed by atoms with Crippen molar-refractivity contribution in [3.8, 4) is 6.07 Å². The number of hydrogen-bond donors (Lipinski definition) is 0. The Bertz CT molecular complexity index is 667. The van der Waals surface area contributed by atoms with Crippen LogP contribution in [0.2, 0.25) is 0 Å². The van der Waals surface area contributed by atoms with Gasteiger partial charge in [0.15, 0.2) is 5.69 Å². The number of benzene rings is 1. The molecule has 0 atom stereocenters. The molecule has 22 heavy (non-hydrogen) atoms. The van der Waals surface area contributed by atoms with Crippen LogP contribution < -0.4 is 0 Å². The average molecular weight is 296 g/mol. The summed E-state index contributed by atoms with van der Waals surface area (Å²) < 4.78 is 1.85. The molecule has 0 aliphatic heterocycles. The fourth-order valence-electron chi connectivity index (χ4n) is 2.42. The smallest absolute Gasteiger partial charge is 0.185 e. The molecule has 1 aromatic carbocycles.